The Balaban J connectivity index is 1.28. The zero-order chi connectivity index (χ0) is 21.1. The molecule has 1 saturated carbocycles. The highest BCUT2D eigenvalue weighted by Gasteiger charge is 2.46. The first-order chi connectivity index (χ1) is 15.1. The number of benzene rings is 1. The van der Waals surface area contributed by atoms with Crippen molar-refractivity contribution < 1.29 is 9.18 Å². The molecule has 156 valence electrons. The summed E-state index contributed by atoms with van der Waals surface area (Å²) in [6.45, 7) is 0. The average molecular weight is 416 g/mol. The lowest BCUT2D eigenvalue weighted by molar-refractivity contribution is 0.0924. The highest BCUT2D eigenvalue weighted by Crippen LogP contribution is 2.39. The second kappa shape index (κ2) is 6.77. The molecule has 1 aliphatic carbocycles. The lowest BCUT2D eigenvalue weighted by Crippen LogP contribution is -2.43. The summed E-state index contributed by atoms with van der Waals surface area (Å²) < 4.78 is 16.6. The van der Waals surface area contributed by atoms with Crippen LogP contribution >= 0.6 is 0 Å². The van der Waals surface area contributed by atoms with Gasteiger partial charge in [-0.3, -0.25) is 4.79 Å². The lowest BCUT2D eigenvalue weighted by atomic mass is 9.95. The quantitative estimate of drug-likeness (QED) is 0.660. The van der Waals surface area contributed by atoms with E-state index < -0.39 is 11.7 Å². The van der Waals surface area contributed by atoms with Crippen LogP contribution in [0, 0.1) is 17.3 Å². The van der Waals surface area contributed by atoms with Gasteiger partial charge in [0.15, 0.2) is 12.0 Å². The standard InChI is InChI=1S/C23H21FN6O/c24-17-10-21-14(11-26-30(21)22-3-1-2-18(27-22)13-4-5-13)8-16(17)23(31)28-19-9-15-6-7-20(19)29(15)12-25/h1-3,8,10-11,13,15,19-20H,4-7,9H2,(H,28,31)/t15-,19+,20+/m0/s1. The molecule has 1 aromatic carbocycles. The minimum Gasteiger partial charge on any atom is -0.347 e. The molecular formula is C23H21FN6O. The molecule has 2 aromatic heterocycles. The number of pyridine rings is 1. The molecule has 2 bridgehead atoms. The molecule has 3 aliphatic rings. The van der Waals surface area contributed by atoms with Crippen molar-refractivity contribution in [2.45, 2.75) is 56.1 Å². The smallest absolute Gasteiger partial charge is 0.254 e. The molecule has 1 amide bonds. The minimum atomic E-state index is -0.592. The third-order valence-corrected chi connectivity index (χ3v) is 6.84. The van der Waals surface area contributed by atoms with Gasteiger partial charge in [0.1, 0.15) is 5.82 Å². The molecular weight excluding hydrogens is 395 g/mol. The molecule has 3 fully saturated rings. The number of hydrogen-bond acceptors (Lipinski definition) is 5. The molecule has 8 heteroatoms. The number of nitriles is 1. The Kier molecular flexibility index (Phi) is 4.00. The molecule has 1 N–H and O–H groups in total. The second-order valence-corrected chi connectivity index (χ2v) is 8.76. The first-order valence-electron chi connectivity index (χ1n) is 10.8. The van der Waals surface area contributed by atoms with Gasteiger partial charge < -0.3 is 10.2 Å². The summed E-state index contributed by atoms with van der Waals surface area (Å²) in [7, 11) is 0. The van der Waals surface area contributed by atoms with Crippen molar-refractivity contribution >= 4 is 16.8 Å². The zero-order valence-electron chi connectivity index (χ0n) is 16.8. The van der Waals surface area contributed by atoms with Crippen LogP contribution in [0.4, 0.5) is 4.39 Å². The molecule has 2 saturated heterocycles. The maximum absolute atomic E-state index is 15.0. The molecule has 2 aliphatic heterocycles. The van der Waals surface area contributed by atoms with Crippen molar-refractivity contribution in [1.29, 1.82) is 5.26 Å². The van der Waals surface area contributed by atoms with Crippen molar-refractivity contribution in [2.24, 2.45) is 0 Å². The van der Waals surface area contributed by atoms with Crippen molar-refractivity contribution in [3.05, 3.63) is 53.6 Å². The van der Waals surface area contributed by atoms with Crippen LogP contribution in [0.25, 0.3) is 16.7 Å². The van der Waals surface area contributed by atoms with E-state index in [1.165, 1.54) is 6.07 Å². The van der Waals surface area contributed by atoms with Crippen LogP contribution in [-0.4, -0.2) is 43.7 Å². The lowest BCUT2D eigenvalue weighted by Gasteiger charge is -2.22. The van der Waals surface area contributed by atoms with E-state index in [0.717, 1.165) is 37.8 Å². The van der Waals surface area contributed by atoms with E-state index in [1.54, 1.807) is 21.8 Å². The van der Waals surface area contributed by atoms with Crippen molar-refractivity contribution in [3.8, 4) is 12.0 Å². The Bertz CT molecular complexity index is 1240. The Morgan fingerprint density at radius 2 is 2.10 bits per heavy atom. The van der Waals surface area contributed by atoms with E-state index in [2.05, 4.69) is 21.6 Å². The normalized spacial score (nSPS) is 24.5. The van der Waals surface area contributed by atoms with Gasteiger partial charge in [-0.1, -0.05) is 6.07 Å². The van der Waals surface area contributed by atoms with E-state index >= 15 is 0 Å². The van der Waals surface area contributed by atoms with Crippen molar-refractivity contribution in [1.82, 2.24) is 25.0 Å². The van der Waals surface area contributed by atoms with Crippen LogP contribution < -0.4 is 5.32 Å². The fourth-order valence-corrected chi connectivity index (χ4v) is 5.11. The number of rotatable bonds is 4. The van der Waals surface area contributed by atoms with Gasteiger partial charge in [-0.15, -0.1) is 0 Å². The van der Waals surface area contributed by atoms with Crippen molar-refractivity contribution in [3.63, 3.8) is 0 Å². The minimum absolute atomic E-state index is 0.00183. The maximum Gasteiger partial charge on any atom is 0.254 e. The largest absolute Gasteiger partial charge is 0.347 e. The number of carbonyl (C=O) groups is 1. The first kappa shape index (κ1) is 18.3. The molecule has 0 spiro atoms. The highest BCUT2D eigenvalue weighted by molar-refractivity contribution is 5.98. The summed E-state index contributed by atoms with van der Waals surface area (Å²) in [6, 6.07) is 8.78. The summed E-state index contributed by atoms with van der Waals surface area (Å²) in [5, 5.41) is 17.3. The van der Waals surface area contributed by atoms with E-state index in [0.29, 0.717) is 22.6 Å². The number of halogens is 1. The molecule has 31 heavy (non-hydrogen) atoms. The third-order valence-electron chi connectivity index (χ3n) is 6.84. The van der Waals surface area contributed by atoms with Crippen LogP contribution in [0.5, 0.6) is 0 Å². The van der Waals surface area contributed by atoms with Crippen LogP contribution in [0.1, 0.15) is 54.1 Å². The number of carbonyl (C=O) groups excluding carboxylic acids is 1. The van der Waals surface area contributed by atoms with Gasteiger partial charge >= 0.3 is 0 Å². The monoisotopic (exact) mass is 416 g/mol. The topological polar surface area (TPSA) is 86.8 Å². The zero-order valence-corrected chi connectivity index (χ0v) is 16.8. The summed E-state index contributed by atoms with van der Waals surface area (Å²) >= 11 is 0. The molecule has 4 heterocycles. The Hall–Kier alpha value is -3.47. The average Bonchev–Trinajstić information content (AvgIpc) is 3.33. The van der Waals surface area contributed by atoms with Gasteiger partial charge in [-0.05, 0) is 50.3 Å². The number of amides is 1. The summed E-state index contributed by atoms with van der Waals surface area (Å²) in [6.07, 6.45) is 8.74. The number of fused-ring (bicyclic) bond motifs is 3. The number of nitrogens with one attached hydrogen (secondary N) is 1. The molecule has 7 nitrogen and oxygen atoms in total. The summed E-state index contributed by atoms with van der Waals surface area (Å²) in [5.41, 5.74) is 1.61. The number of hydrogen-bond donors (Lipinski definition) is 1. The predicted molar refractivity (Wildman–Crippen MR) is 111 cm³/mol. The number of nitrogens with zero attached hydrogens (tertiary/aromatic N) is 5. The molecule has 6 rings (SSSR count). The van der Waals surface area contributed by atoms with Gasteiger partial charge in [-0.25, -0.2) is 14.1 Å². The van der Waals surface area contributed by atoms with E-state index in [4.69, 9.17) is 0 Å². The van der Waals surface area contributed by atoms with Crippen molar-refractivity contribution in [2.75, 3.05) is 0 Å². The highest BCUT2D eigenvalue weighted by atomic mass is 19.1. The maximum atomic E-state index is 15.0. The fraction of sp³-hybridized carbons (Fsp3) is 0.391. The molecule has 0 radical (unpaired) electrons. The first-order valence-corrected chi connectivity index (χ1v) is 10.8. The van der Waals surface area contributed by atoms with Crippen LogP contribution in [0.15, 0.2) is 36.5 Å². The van der Waals surface area contributed by atoms with Gasteiger partial charge in [0.2, 0.25) is 0 Å². The molecule has 3 aromatic rings. The predicted octanol–water partition coefficient (Wildman–Crippen LogP) is 3.25. The summed E-state index contributed by atoms with van der Waals surface area (Å²) in [4.78, 5) is 19.3. The fourth-order valence-electron chi connectivity index (χ4n) is 5.11. The van der Waals surface area contributed by atoms with E-state index in [9.17, 15) is 14.4 Å². The second-order valence-electron chi connectivity index (χ2n) is 8.76. The number of aromatic nitrogens is 3. The Labute approximate surface area is 178 Å². The Morgan fingerprint density at radius 1 is 1.23 bits per heavy atom. The van der Waals surface area contributed by atoms with Crippen LogP contribution in [-0.2, 0) is 0 Å². The van der Waals surface area contributed by atoms with E-state index in [-0.39, 0.29) is 23.7 Å². The van der Waals surface area contributed by atoms with Gasteiger partial charge in [0.25, 0.3) is 5.91 Å². The summed E-state index contributed by atoms with van der Waals surface area (Å²) in [5.74, 6) is 0.119. The Morgan fingerprint density at radius 3 is 2.87 bits per heavy atom. The molecule has 0 unspecified atom stereocenters. The molecule has 3 atom stereocenters. The SMILES string of the molecule is N#CN1[C@H]2CC[C@@H]1[C@H](NC(=O)c1cc3cnn(-c4cccc(C5CC5)n4)c3cc1F)C2. The van der Waals surface area contributed by atoms with Crippen LogP contribution in [0.3, 0.4) is 0 Å². The van der Waals surface area contributed by atoms with Gasteiger partial charge in [0, 0.05) is 29.1 Å². The van der Waals surface area contributed by atoms with E-state index in [1.807, 2.05) is 18.2 Å². The van der Waals surface area contributed by atoms with Gasteiger partial charge in [0.05, 0.1) is 29.4 Å². The van der Waals surface area contributed by atoms with Crippen LogP contribution in [0.2, 0.25) is 0 Å². The third kappa shape index (κ3) is 2.95. The van der Waals surface area contributed by atoms with Gasteiger partial charge in [-0.2, -0.15) is 10.4 Å².